The molecular weight excluding hydrogens is 266 g/mol. The van der Waals surface area contributed by atoms with Crippen LogP contribution in [-0.2, 0) is 9.84 Å². The van der Waals surface area contributed by atoms with E-state index in [9.17, 15) is 13.2 Å². The molecule has 0 saturated heterocycles. The Kier molecular flexibility index (Phi) is 2.67. The van der Waals surface area contributed by atoms with E-state index in [0.29, 0.717) is 5.69 Å². The highest BCUT2D eigenvalue weighted by Gasteiger charge is 2.32. The van der Waals surface area contributed by atoms with Gasteiger partial charge in [-0.15, -0.1) is 0 Å². The first kappa shape index (κ1) is 12.0. The summed E-state index contributed by atoms with van der Waals surface area (Å²) in [5.41, 5.74) is 0.412. The van der Waals surface area contributed by atoms with E-state index in [2.05, 4.69) is 0 Å². The molecule has 0 radical (unpaired) electrons. The van der Waals surface area contributed by atoms with Crippen LogP contribution in [0.5, 0.6) is 0 Å². The lowest BCUT2D eigenvalue weighted by Gasteiger charge is -2.28. The van der Waals surface area contributed by atoms with Crippen LogP contribution >= 0.6 is 0 Å². The van der Waals surface area contributed by atoms with E-state index in [0.717, 1.165) is 0 Å². The van der Waals surface area contributed by atoms with Crippen LogP contribution in [0.1, 0.15) is 10.6 Å². The standard InChI is InChI=1S/C13H11NO4S/c15-13(11-5-3-8-18-11)14-7-9-19(16,17)12-6-2-1-4-10(12)14/h1-6,8H,7,9H2. The number of hydrogen-bond donors (Lipinski definition) is 0. The van der Waals surface area contributed by atoms with Crippen molar-refractivity contribution in [2.24, 2.45) is 0 Å². The van der Waals surface area contributed by atoms with Crippen molar-refractivity contribution in [3.8, 4) is 0 Å². The minimum atomic E-state index is -3.30. The lowest BCUT2D eigenvalue weighted by molar-refractivity contribution is 0.0961. The molecule has 0 fully saturated rings. The number of para-hydroxylation sites is 1. The summed E-state index contributed by atoms with van der Waals surface area (Å²) in [6, 6.07) is 9.70. The first-order valence-electron chi connectivity index (χ1n) is 5.77. The molecule has 1 aromatic heterocycles. The Morgan fingerprint density at radius 2 is 1.95 bits per heavy atom. The first-order chi connectivity index (χ1) is 9.09. The van der Waals surface area contributed by atoms with Crippen molar-refractivity contribution in [1.29, 1.82) is 0 Å². The van der Waals surface area contributed by atoms with Gasteiger partial charge in [0.1, 0.15) is 0 Å². The molecule has 0 saturated carbocycles. The van der Waals surface area contributed by atoms with Crippen molar-refractivity contribution >= 4 is 21.4 Å². The molecule has 2 heterocycles. The Morgan fingerprint density at radius 1 is 1.16 bits per heavy atom. The number of amides is 1. The summed E-state index contributed by atoms with van der Waals surface area (Å²) in [4.78, 5) is 13.9. The van der Waals surface area contributed by atoms with Crippen LogP contribution < -0.4 is 4.90 Å². The third-order valence-electron chi connectivity index (χ3n) is 3.05. The summed E-state index contributed by atoms with van der Waals surface area (Å²) in [7, 11) is -3.30. The van der Waals surface area contributed by atoms with Gasteiger partial charge >= 0.3 is 0 Å². The van der Waals surface area contributed by atoms with Crippen molar-refractivity contribution < 1.29 is 17.6 Å². The maximum Gasteiger partial charge on any atom is 0.294 e. The predicted molar refractivity (Wildman–Crippen MR) is 68.9 cm³/mol. The summed E-state index contributed by atoms with van der Waals surface area (Å²) in [6.45, 7) is 0.138. The molecule has 1 aromatic carbocycles. The van der Waals surface area contributed by atoms with Crippen molar-refractivity contribution in [3.63, 3.8) is 0 Å². The van der Waals surface area contributed by atoms with Crippen LogP contribution in [0.15, 0.2) is 52.0 Å². The van der Waals surface area contributed by atoms with Crippen LogP contribution in [0.25, 0.3) is 0 Å². The van der Waals surface area contributed by atoms with Gasteiger partial charge in [-0.3, -0.25) is 4.79 Å². The van der Waals surface area contributed by atoms with Gasteiger partial charge in [0.05, 0.1) is 22.6 Å². The minimum absolute atomic E-state index is 0.0730. The lowest BCUT2D eigenvalue weighted by atomic mass is 10.2. The summed E-state index contributed by atoms with van der Waals surface area (Å²) in [5.74, 6) is -0.197. The second-order valence-electron chi connectivity index (χ2n) is 4.22. The van der Waals surface area contributed by atoms with E-state index in [-0.39, 0.29) is 28.9 Å². The molecule has 19 heavy (non-hydrogen) atoms. The van der Waals surface area contributed by atoms with Crippen LogP contribution in [0.2, 0.25) is 0 Å². The molecular formula is C13H11NO4S. The van der Waals surface area contributed by atoms with Gasteiger partial charge in [0.2, 0.25) is 0 Å². The number of sulfone groups is 1. The largest absolute Gasteiger partial charge is 0.459 e. The molecule has 3 rings (SSSR count). The summed E-state index contributed by atoms with van der Waals surface area (Å²) in [6.07, 6.45) is 1.42. The van der Waals surface area contributed by atoms with Gasteiger partial charge < -0.3 is 9.32 Å². The second kappa shape index (κ2) is 4.24. The Bertz CT molecular complexity index is 719. The Balaban J connectivity index is 2.09. The topological polar surface area (TPSA) is 67.6 Å². The van der Waals surface area contributed by atoms with Crippen LogP contribution in [0, 0.1) is 0 Å². The molecule has 1 aliphatic rings. The monoisotopic (exact) mass is 277 g/mol. The average molecular weight is 277 g/mol. The van der Waals surface area contributed by atoms with Gasteiger partial charge in [0.25, 0.3) is 5.91 Å². The number of nitrogens with zero attached hydrogens (tertiary/aromatic N) is 1. The Morgan fingerprint density at radius 3 is 2.68 bits per heavy atom. The molecule has 1 aliphatic heterocycles. The highest BCUT2D eigenvalue weighted by molar-refractivity contribution is 7.91. The predicted octanol–water partition coefficient (Wildman–Crippen LogP) is 1.71. The quantitative estimate of drug-likeness (QED) is 0.796. The van der Waals surface area contributed by atoms with Crippen LogP contribution in [0.3, 0.4) is 0 Å². The normalized spacial score (nSPS) is 16.9. The van der Waals surface area contributed by atoms with Crippen LogP contribution in [0.4, 0.5) is 5.69 Å². The molecule has 6 heteroatoms. The molecule has 0 bridgehead atoms. The molecule has 0 spiro atoms. The maximum atomic E-state index is 12.3. The van der Waals surface area contributed by atoms with Gasteiger partial charge in [0, 0.05) is 6.54 Å². The molecule has 2 aromatic rings. The third kappa shape index (κ3) is 1.94. The summed E-state index contributed by atoms with van der Waals surface area (Å²) in [5, 5.41) is 0. The Labute approximate surface area is 110 Å². The number of furan rings is 1. The first-order valence-corrected chi connectivity index (χ1v) is 7.42. The zero-order chi connectivity index (χ0) is 13.5. The number of benzene rings is 1. The van der Waals surface area contributed by atoms with E-state index in [1.807, 2.05) is 0 Å². The van der Waals surface area contributed by atoms with E-state index in [1.165, 1.54) is 17.2 Å². The van der Waals surface area contributed by atoms with E-state index in [4.69, 9.17) is 4.42 Å². The maximum absolute atomic E-state index is 12.3. The number of anilines is 1. The smallest absolute Gasteiger partial charge is 0.294 e. The van der Waals surface area contributed by atoms with Crippen molar-refractivity contribution in [1.82, 2.24) is 0 Å². The summed E-state index contributed by atoms with van der Waals surface area (Å²) < 4.78 is 29.0. The number of fused-ring (bicyclic) bond motifs is 1. The molecule has 0 unspecified atom stereocenters. The number of rotatable bonds is 1. The summed E-state index contributed by atoms with van der Waals surface area (Å²) >= 11 is 0. The fourth-order valence-corrected chi connectivity index (χ4v) is 3.55. The molecule has 5 nitrogen and oxygen atoms in total. The fourth-order valence-electron chi connectivity index (χ4n) is 2.13. The molecule has 1 amide bonds. The highest BCUT2D eigenvalue weighted by Crippen LogP contribution is 2.31. The average Bonchev–Trinajstić information content (AvgIpc) is 2.92. The molecule has 0 N–H and O–H groups in total. The fraction of sp³-hybridized carbons (Fsp3) is 0.154. The Hall–Kier alpha value is -2.08. The molecule has 0 atom stereocenters. The highest BCUT2D eigenvalue weighted by atomic mass is 32.2. The SMILES string of the molecule is O=C(c1ccco1)N1CCS(=O)(=O)c2ccccc21. The van der Waals surface area contributed by atoms with Crippen molar-refractivity contribution in [2.75, 3.05) is 17.2 Å². The van der Waals surface area contributed by atoms with Gasteiger partial charge in [-0.25, -0.2) is 8.42 Å². The van der Waals surface area contributed by atoms with Gasteiger partial charge in [0.15, 0.2) is 15.6 Å². The number of hydrogen-bond acceptors (Lipinski definition) is 4. The molecule has 0 aliphatic carbocycles. The van der Waals surface area contributed by atoms with Crippen molar-refractivity contribution in [2.45, 2.75) is 4.90 Å². The third-order valence-corrected chi connectivity index (χ3v) is 4.79. The lowest BCUT2D eigenvalue weighted by Crippen LogP contribution is -2.39. The molecule has 98 valence electrons. The minimum Gasteiger partial charge on any atom is -0.459 e. The van der Waals surface area contributed by atoms with E-state index < -0.39 is 9.84 Å². The van der Waals surface area contributed by atoms with Gasteiger partial charge in [-0.2, -0.15) is 0 Å². The second-order valence-corrected chi connectivity index (χ2v) is 6.30. The zero-order valence-electron chi connectivity index (χ0n) is 9.94. The van der Waals surface area contributed by atoms with Gasteiger partial charge in [-0.05, 0) is 24.3 Å². The van der Waals surface area contributed by atoms with E-state index >= 15 is 0 Å². The van der Waals surface area contributed by atoms with E-state index in [1.54, 1.807) is 30.3 Å². The number of carbonyl (C=O) groups is 1. The van der Waals surface area contributed by atoms with Crippen LogP contribution in [-0.4, -0.2) is 26.6 Å². The van der Waals surface area contributed by atoms with Crippen molar-refractivity contribution in [3.05, 3.63) is 48.4 Å². The zero-order valence-corrected chi connectivity index (χ0v) is 10.8. The van der Waals surface area contributed by atoms with Gasteiger partial charge in [-0.1, -0.05) is 12.1 Å². The number of carbonyl (C=O) groups excluding carboxylic acids is 1.